The van der Waals surface area contributed by atoms with Crippen LogP contribution in [0.2, 0.25) is 5.02 Å². The highest BCUT2D eigenvalue weighted by Crippen LogP contribution is 2.30. The standard InChI is InChI=1S/C19H15ClN4/c1-12-17-13(2)24(16-10-8-15(20)9-11-16)23-19(17)18(22-21-12)14-6-4-3-5-7-14/h3-11H,1-2H3. The Hall–Kier alpha value is -2.72. The molecule has 4 rings (SSSR count). The van der Waals surface area contributed by atoms with Crippen LogP contribution < -0.4 is 0 Å². The number of halogens is 1. The van der Waals surface area contributed by atoms with Gasteiger partial charge in [-0.2, -0.15) is 10.2 Å². The largest absolute Gasteiger partial charge is 0.237 e. The summed E-state index contributed by atoms with van der Waals surface area (Å²) >= 11 is 6.00. The summed E-state index contributed by atoms with van der Waals surface area (Å²) in [6.45, 7) is 4.01. The second-order valence-corrected chi connectivity index (χ2v) is 6.13. The van der Waals surface area contributed by atoms with E-state index in [-0.39, 0.29) is 0 Å². The number of hydrogen-bond donors (Lipinski definition) is 0. The van der Waals surface area contributed by atoms with Gasteiger partial charge in [-0.3, -0.25) is 0 Å². The van der Waals surface area contributed by atoms with E-state index in [1.165, 1.54) is 0 Å². The maximum absolute atomic E-state index is 6.00. The van der Waals surface area contributed by atoms with Crippen LogP contribution in [0.25, 0.3) is 27.8 Å². The molecule has 2 aromatic carbocycles. The van der Waals surface area contributed by atoms with Crippen molar-refractivity contribution in [2.24, 2.45) is 0 Å². The topological polar surface area (TPSA) is 43.6 Å². The van der Waals surface area contributed by atoms with Crippen molar-refractivity contribution in [2.45, 2.75) is 13.8 Å². The molecule has 0 atom stereocenters. The molecule has 2 aromatic heterocycles. The normalized spacial score (nSPS) is 11.1. The first kappa shape index (κ1) is 14.8. The monoisotopic (exact) mass is 334 g/mol. The van der Waals surface area contributed by atoms with E-state index in [9.17, 15) is 0 Å². The van der Waals surface area contributed by atoms with E-state index in [4.69, 9.17) is 16.7 Å². The summed E-state index contributed by atoms with van der Waals surface area (Å²) in [5.41, 5.74) is 5.55. The number of aryl methyl sites for hydroxylation is 2. The molecule has 0 saturated carbocycles. The molecule has 0 aliphatic rings. The Morgan fingerprint density at radius 3 is 2.29 bits per heavy atom. The highest BCUT2D eigenvalue weighted by atomic mass is 35.5. The molecular weight excluding hydrogens is 320 g/mol. The van der Waals surface area contributed by atoms with Crippen LogP contribution in [0.15, 0.2) is 54.6 Å². The summed E-state index contributed by atoms with van der Waals surface area (Å²) in [6, 6.07) is 17.7. The molecule has 5 heteroatoms. The van der Waals surface area contributed by atoms with Gasteiger partial charge in [-0.05, 0) is 38.1 Å². The van der Waals surface area contributed by atoms with E-state index in [1.54, 1.807) is 0 Å². The van der Waals surface area contributed by atoms with E-state index in [0.29, 0.717) is 5.02 Å². The van der Waals surface area contributed by atoms with Crippen molar-refractivity contribution in [1.82, 2.24) is 20.0 Å². The van der Waals surface area contributed by atoms with E-state index in [0.717, 1.165) is 39.2 Å². The van der Waals surface area contributed by atoms with Crippen molar-refractivity contribution >= 4 is 22.5 Å². The molecule has 2 heterocycles. The maximum Gasteiger partial charge on any atom is 0.123 e. The molecule has 0 spiro atoms. The third-order valence-electron chi connectivity index (χ3n) is 4.12. The predicted octanol–water partition coefficient (Wildman–Crippen LogP) is 4.75. The van der Waals surface area contributed by atoms with Gasteiger partial charge in [0, 0.05) is 16.0 Å². The maximum atomic E-state index is 6.00. The first-order valence-electron chi connectivity index (χ1n) is 7.69. The molecule has 0 bridgehead atoms. The van der Waals surface area contributed by atoms with Gasteiger partial charge in [-0.15, -0.1) is 5.10 Å². The molecule has 0 radical (unpaired) electrons. The Balaban J connectivity index is 2.00. The van der Waals surface area contributed by atoms with Gasteiger partial charge < -0.3 is 0 Å². The molecule has 24 heavy (non-hydrogen) atoms. The van der Waals surface area contributed by atoms with E-state index in [2.05, 4.69) is 10.2 Å². The zero-order valence-corrected chi connectivity index (χ0v) is 14.1. The molecule has 0 fully saturated rings. The van der Waals surface area contributed by atoms with Crippen LogP contribution in [-0.2, 0) is 0 Å². The SMILES string of the molecule is Cc1nnc(-c2ccccc2)c2nn(-c3ccc(Cl)cc3)c(C)c12. The van der Waals surface area contributed by atoms with Gasteiger partial charge in [-0.25, -0.2) is 4.68 Å². The Labute approximate surface area is 144 Å². The number of benzene rings is 2. The fourth-order valence-corrected chi connectivity index (χ4v) is 3.07. The summed E-state index contributed by atoms with van der Waals surface area (Å²) in [5.74, 6) is 0. The highest BCUT2D eigenvalue weighted by Gasteiger charge is 2.17. The van der Waals surface area contributed by atoms with Gasteiger partial charge in [0.2, 0.25) is 0 Å². The van der Waals surface area contributed by atoms with Crippen molar-refractivity contribution in [2.75, 3.05) is 0 Å². The van der Waals surface area contributed by atoms with Crippen LogP contribution in [0.1, 0.15) is 11.4 Å². The van der Waals surface area contributed by atoms with Gasteiger partial charge in [0.05, 0.1) is 17.1 Å². The molecule has 0 amide bonds. The second-order valence-electron chi connectivity index (χ2n) is 5.70. The molecule has 0 unspecified atom stereocenters. The third kappa shape index (κ3) is 2.36. The van der Waals surface area contributed by atoms with Crippen LogP contribution in [0.3, 0.4) is 0 Å². The van der Waals surface area contributed by atoms with Crippen LogP contribution >= 0.6 is 11.6 Å². The fourth-order valence-electron chi connectivity index (χ4n) is 2.95. The van der Waals surface area contributed by atoms with Crippen LogP contribution in [-0.4, -0.2) is 20.0 Å². The lowest BCUT2D eigenvalue weighted by Gasteiger charge is -2.04. The van der Waals surface area contributed by atoms with Crippen molar-refractivity contribution < 1.29 is 0 Å². The molecular formula is C19H15ClN4. The van der Waals surface area contributed by atoms with E-state index < -0.39 is 0 Å². The molecule has 118 valence electrons. The van der Waals surface area contributed by atoms with Gasteiger partial charge in [0.25, 0.3) is 0 Å². The molecule has 0 aliphatic heterocycles. The molecule has 0 aliphatic carbocycles. The number of nitrogens with zero attached hydrogens (tertiary/aromatic N) is 4. The lowest BCUT2D eigenvalue weighted by Crippen LogP contribution is -1.98. The summed E-state index contributed by atoms with van der Waals surface area (Å²) in [5, 5.41) is 15.3. The zero-order valence-electron chi connectivity index (χ0n) is 13.4. The first-order valence-corrected chi connectivity index (χ1v) is 8.07. The van der Waals surface area contributed by atoms with Gasteiger partial charge >= 0.3 is 0 Å². The highest BCUT2D eigenvalue weighted by molar-refractivity contribution is 6.30. The molecule has 0 N–H and O–H groups in total. The van der Waals surface area contributed by atoms with Gasteiger partial charge in [0.15, 0.2) is 0 Å². The van der Waals surface area contributed by atoms with Crippen molar-refractivity contribution in [3.8, 4) is 16.9 Å². The van der Waals surface area contributed by atoms with Crippen molar-refractivity contribution in [1.29, 1.82) is 0 Å². The Morgan fingerprint density at radius 1 is 0.875 bits per heavy atom. The fraction of sp³-hybridized carbons (Fsp3) is 0.105. The molecule has 4 nitrogen and oxygen atoms in total. The minimum atomic E-state index is 0.706. The third-order valence-corrected chi connectivity index (χ3v) is 4.37. The van der Waals surface area contributed by atoms with E-state index in [1.807, 2.05) is 73.1 Å². The summed E-state index contributed by atoms with van der Waals surface area (Å²) in [6.07, 6.45) is 0. The summed E-state index contributed by atoms with van der Waals surface area (Å²) in [4.78, 5) is 0. The van der Waals surface area contributed by atoms with Gasteiger partial charge in [0.1, 0.15) is 11.2 Å². The predicted molar refractivity (Wildman–Crippen MR) is 96.6 cm³/mol. The van der Waals surface area contributed by atoms with E-state index >= 15 is 0 Å². The smallest absolute Gasteiger partial charge is 0.123 e. The lowest BCUT2D eigenvalue weighted by atomic mass is 10.1. The Kier molecular flexibility index (Phi) is 3.54. The van der Waals surface area contributed by atoms with Crippen LogP contribution in [0, 0.1) is 13.8 Å². The number of aromatic nitrogens is 4. The van der Waals surface area contributed by atoms with Gasteiger partial charge in [-0.1, -0.05) is 41.9 Å². The summed E-state index contributed by atoms with van der Waals surface area (Å²) < 4.78 is 1.92. The number of fused-ring (bicyclic) bond motifs is 1. The quantitative estimate of drug-likeness (QED) is 0.531. The van der Waals surface area contributed by atoms with Crippen LogP contribution in [0.4, 0.5) is 0 Å². The Morgan fingerprint density at radius 2 is 1.58 bits per heavy atom. The second kappa shape index (κ2) is 5.73. The average molecular weight is 335 g/mol. The lowest BCUT2D eigenvalue weighted by molar-refractivity contribution is 0.860. The molecule has 0 saturated heterocycles. The molecule has 4 aromatic rings. The Bertz CT molecular complexity index is 1020. The number of hydrogen-bond acceptors (Lipinski definition) is 3. The van der Waals surface area contributed by atoms with Crippen LogP contribution in [0.5, 0.6) is 0 Å². The summed E-state index contributed by atoms with van der Waals surface area (Å²) in [7, 11) is 0. The number of rotatable bonds is 2. The van der Waals surface area contributed by atoms with Crippen molar-refractivity contribution in [3.63, 3.8) is 0 Å². The average Bonchev–Trinajstić information content (AvgIpc) is 2.95. The minimum Gasteiger partial charge on any atom is -0.237 e. The zero-order chi connectivity index (χ0) is 16.7. The van der Waals surface area contributed by atoms with Crippen molar-refractivity contribution in [3.05, 3.63) is 71.0 Å². The first-order chi connectivity index (χ1) is 11.6. The minimum absolute atomic E-state index is 0.706.